The van der Waals surface area contributed by atoms with Gasteiger partial charge in [0.2, 0.25) is 0 Å². The summed E-state index contributed by atoms with van der Waals surface area (Å²) in [5, 5.41) is 1.06. The number of ether oxygens (including phenoxy) is 1. The molecule has 6 heteroatoms. The smallest absolute Gasteiger partial charge is 0.323 e. The van der Waals surface area contributed by atoms with E-state index >= 15 is 0 Å². The van der Waals surface area contributed by atoms with E-state index in [0.717, 1.165) is 10.8 Å². The third-order valence-electron chi connectivity index (χ3n) is 1.71. The van der Waals surface area contributed by atoms with Gasteiger partial charge < -0.3 is 10.5 Å². The van der Waals surface area contributed by atoms with Gasteiger partial charge in [0.25, 0.3) is 0 Å². The number of esters is 1. The molecule has 1 aromatic heterocycles. The number of hydrogen-bond donors (Lipinski definition) is 1. The van der Waals surface area contributed by atoms with Crippen molar-refractivity contribution < 1.29 is 9.53 Å². The Morgan fingerprint density at radius 2 is 2.53 bits per heavy atom. The Kier molecular flexibility index (Phi) is 5.07. The molecule has 0 saturated carbocycles. The number of nitrogens with two attached hydrogens (primary N) is 1. The Labute approximate surface area is 97.2 Å². The molecule has 0 spiro atoms. The number of thioether (sulfide) groups is 1. The maximum absolute atomic E-state index is 11.0. The Morgan fingerprint density at radius 3 is 3.07 bits per heavy atom. The van der Waals surface area contributed by atoms with E-state index in [4.69, 9.17) is 5.73 Å². The molecule has 1 aromatic rings. The molecule has 1 heterocycles. The zero-order valence-electron chi connectivity index (χ0n) is 8.73. The standard InChI is InChI=1S/C9H14N2O2S2/c1-6-11-3-7(15-6)4-14-5-8(10)9(12)13-2/h3,8H,4-5,10H2,1-2H3. The number of aromatic nitrogens is 1. The average molecular weight is 246 g/mol. The van der Waals surface area contributed by atoms with Gasteiger partial charge in [-0.25, -0.2) is 4.98 Å². The van der Waals surface area contributed by atoms with E-state index in [2.05, 4.69) is 9.72 Å². The SMILES string of the molecule is COC(=O)C(N)CSCc1cnc(C)s1. The van der Waals surface area contributed by atoms with E-state index in [0.29, 0.717) is 5.75 Å². The van der Waals surface area contributed by atoms with Gasteiger partial charge in [-0.05, 0) is 6.92 Å². The summed E-state index contributed by atoms with van der Waals surface area (Å²) in [5.74, 6) is 1.06. The normalized spacial score (nSPS) is 12.5. The molecule has 0 bridgehead atoms. The van der Waals surface area contributed by atoms with Crippen LogP contribution in [0.15, 0.2) is 6.20 Å². The molecule has 2 N–H and O–H groups in total. The van der Waals surface area contributed by atoms with Gasteiger partial charge in [0.15, 0.2) is 0 Å². The van der Waals surface area contributed by atoms with Gasteiger partial charge >= 0.3 is 5.97 Å². The molecule has 0 aliphatic heterocycles. The van der Waals surface area contributed by atoms with Gasteiger partial charge in [0, 0.05) is 22.6 Å². The van der Waals surface area contributed by atoms with Crippen LogP contribution in [0.1, 0.15) is 9.88 Å². The Balaban J connectivity index is 2.24. The van der Waals surface area contributed by atoms with Crippen LogP contribution < -0.4 is 5.73 Å². The predicted octanol–water partition coefficient (Wildman–Crippen LogP) is 1.19. The van der Waals surface area contributed by atoms with Gasteiger partial charge in [-0.15, -0.1) is 11.3 Å². The molecular formula is C9H14N2O2S2. The number of rotatable bonds is 5. The second-order valence-electron chi connectivity index (χ2n) is 2.99. The van der Waals surface area contributed by atoms with Gasteiger partial charge in [-0.3, -0.25) is 4.79 Å². The summed E-state index contributed by atoms with van der Waals surface area (Å²) in [5.41, 5.74) is 5.59. The summed E-state index contributed by atoms with van der Waals surface area (Å²) in [4.78, 5) is 16.3. The number of methoxy groups -OCH3 is 1. The summed E-state index contributed by atoms with van der Waals surface area (Å²) < 4.78 is 4.53. The minimum absolute atomic E-state index is 0.358. The third kappa shape index (κ3) is 4.19. The summed E-state index contributed by atoms with van der Waals surface area (Å²) in [6, 6.07) is -0.533. The maximum atomic E-state index is 11.0. The van der Waals surface area contributed by atoms with Crippen molar-refractivity contribution in [1.29, 1.82) is 0 Å². The molecule has 0 amide bonds. The zero-order chi connectivity index (χ0) is 11.3. The highest BCUT2D eigenvalue weighted by atomic mass is 32.2. The molecule has 15 heavy (non-hydrogen) atoms. The molecule has 0 radical (unpaired) electrons. The summed E-state index contributed by atoms with van der Waals surface area (Å²) in [7, 11) is 1.35. The zero-order valence-corrected chi connectivity index (χ0v) is 10.4. The molecule has 0 aromatic carbocycles. The lowest BCUT2D eigenvalue weighted by atomic mass is 10.4. The van der Waals surface area contributed by atoms with E-state index in [9.17, 15) is 4.79 Å². The molecule has 1 rings (SSSR count). The van der Waals surface area contributed by atoms with Crippen molar-refractivity contribution in [2.45, 2.75) is 18.7 Å². The molecule has 0 saturated heterocycles. The quantitative estimate of drug-likeness (QED) is 0.790. The van der Waals surface area contributed by atoms with Crippen molar-refractivity contribution in [3.8, 4) is 0 Å². The van der Waals surface area contributed by atoms with Crippen LogP contribution in [0.5, 0.6) is 0 Å². The van der Waals surface area contributed by atoms with Crippen LogP contribution in [0.4, 0.5) is 0 Å². The van der Waals surface area contributed by atoms with Crippen LogP contribution in [0, 0.1) is 6.92 Å². The van der Waals surface area contributed by atoms with Crippen molar-refractivity contribution in [1.82, 2.24) is 4.98 Å². The fourth-order valence-corrected chi connectivity index (χ4v) is 2.84. The highest BCUT2D eigenvalue weighted by molar-refractivity contribution is 7.98. The largest absolute Gasteiger partial charge is 0.468 e. The van der Waals surface area contributed by atoms with Crippen LogP contribution in [0.25, 0.3) is 0 Å². The first-order valence-electron chi connectivity index (χ1n) is 4.46. The van der Waals surface area contributed by atoms with Gasteiger partial charge in [-0.2, -0.15) is 11.8 Å². The molecule has 1 unspecified atom stereocenters. The van der Waals surface area contributed by atoms with E-state index in [1.807, 2.05) is 13.1 Å². The Hall–Kier alpha value is -0.590. The number of hydrogen-bond acceptors (Lipinski definition) is 6. The van der Waals surface area contributed by atoms with Crippen molar-refractivity contribution in [2.75, 3.05) is 12.9 Å². The number of carbonyl (C=O) groups is 1. The number of thiazole rings is 1. The first kappa shape index (κ1) is 12.5. The van der Waals surface area contributed by atoms with Crippen LogP contribution in [-0.2, 0) is 15.3 Å². The van der Waals surface area contributed by atoms with Crippen LogP contribution in [0.3, 0.4) is 0 Å². The summed E-state index contributed by atoms with van der Waals surface area (Å²) in [6.07, 6.45) is 1.86. The first-order valence-corrected chi connectivity index (χ1v) is 6.43. The highest BCUT2D eigenvalue weighted by Gasteiger charge is 2.13. The topological polar surface area (TPSA) is 65.2 Å². The molecule has 0 aliphatic rings. The van der Waals surface area contributed by atoms with Gasteiger partial charge in [-0.1, -0.05) is 0 Å². The van der Waals surface area contributed by atoms with Gasteiger partial charge in [0.1, 0.15) is 6.04 Å². The van der Waals surface area contributed by atoms with E-state index in [-0.39, 0.29) is 5.97 Å². The Morgan fingerprint density at radius 1 is 1.80 bits per heavy atom. The second-order valence-corrected chi connectivity index (χ2v) is 5.34. The fraction of sp³-hybridized carbons (Fsp3) is 0.556. The minimum atomic E-state index is -0.533. The maximum Gasteiger partial charge on any atom is 0.323 e. The van der Waals surface area contributed by atoms with Crippen molar-refractivity contribution in [3.05, 3.63) is 16.1 Å². The molecule has 4 nitrogen and oxygen atoms in total. The van der Waals surface area contributed by atoms with Crippen LogP contribution >= 0.6 is 23.1 Å². The van der Waals surface area contributed by atoms with E-state index < -0.39 is 6.04 Å². The number of carbonyl (C=O) groups excluding carboxylic acids is 1. The van der Waals surface area contributed by atoms with Crippen LogP contribution in [-0.4, -0.2) is 29.9 Å². The third-order valence-corrected chi connectivity index (χ3v) is 3.92. The van der Waals surface area contributed by atoms with E-state index in [1.165, 1.54) is 12.0 Å². The van der Waals surface area contributed by atoms with Crippen molar-refractivity contribution >= 4 is 29.1 Å². The lowest BCUT2D eigenvalue weighted by Crippen LogP contribution is -2.33. The summed E-state index contributed by atoms with van der Waals surface area (Å²) >= 11 is 3.28. The predicted molar refractivity (Wildman–Crippen MR) is 63.0 cm³/mol. The van der Waals surface area contributed by atoms with Gasteiger partial charge in [0.05, 0.1) is 12.1 Å². The van der Waals surface area contributed by atoms with E-state index in [1.54, 1.807) is 23.1 Å². The fourth-order valence-electron chi connectivity index (χ4n) is 0.978. The molecular weight excluding hydrogens is 232 g/mol. The number of nitrogens with zero attached hydrogens (tertiary/aromatic N) is 1. The summed E-state index contributed by atoms with van der Waals surface area (Å²) in [6.45, 7) is 1.97. The Bertz CT molecular complexity index is 328. The molecule has 84 valence electrons. The number of aryl methyl sites for hydroxylation is 1. The first-order chi connectivity index (χ1) is 7.13. The lowest BCUT2D eigenvalue weighted by molar-refractivity contribution is -0.141. The molecule has 0 aliphatic carbocycles. The van der Waals surface area contributed by atoms with Crippen molar-refractivity contribution in [2.24, 2.45) is 5.73 Å². The lowest BCUT2D eigenvalue weighted by Gasteiger charge is -2.07. The second kappa shape index (κ2) is 6.09. The minimum Gasteiger partial charge on any atom is -0.468 e. The molecule has 0 fully saturated rings. The monoisotopic (exact) mass is 246 g/mol. The van der Waals surface area contributed by atoms with Crippen LogP contribution in [0.2, 0.25) is 0 Å². The molecule has 1 atom stereocenters. The highest BCUT2D eigenvalue weighted by Crippen LogP contribution is 2.18. The average Bonchev–Trinajstić information content (AvgIpc) is 2.63. The van der Waals surface area contributed by atoms with Crippen molar-refractivity contribution in [3.63, 3.8) is 0 Å².